The summed E-state index contributed by atoms with van der Waals surface area (Å²) >= 11 is 1.56. The Morgan fingerprint density at radius 2 is 1.91 bits per heavy atom. The van der Waals surface area contributed by atoms with Gasteiger partial charge < -0.3 is 19.7 Å². The van der Waals surface area contributed by atoms with E-state index in [1.807, 2.05) is 32.2 Å². The summed E-state index contributed by atoms with van der Waals surface area (Å²) in [6.45, 7) is 12.8. The first-order chi connectivity index (χ1) is 16.2. The normalized spacial score (nSPS) is 37.5. The molecule has 2 fully saturated rings. The van der Waals surface area contributed by atoms with Crippen molar-refractivity contribution in [3.63, 3.8) is 0 Å². The van der Waals surface area contributed by atoms with Crippen LogP contribution in [0.25, 0.3) is 6.08 Å². The van der Waals surface area contributed by atoms with Crippen LogP contribution < -0.4 is 0 Å². The molecule has 0 amide bonds. The SMILES string of the molecule is C/C(=C\c1csc(C)n1)C1C[C@H]2O[C@@]2(C)CCC[C@H](C)[C@H](O)[C@@H](C)C(=O)C(C)(C)[C@@H](O)CC(=O)O1. The number of thiazole rings is 1. The standard InChI is InChI=1S/C27H41NO6S/c1-15-9-8-10-27(7)22(34-27)12-20(16(2)11-19-14-35-18(4)28-19)33-23(30)13-21(29)26(5,6)25(32)17(3)24(15)31/h11,14-15,17,20-22,24,29,31H,8-10,12-13H2,1-7H3/b16-11+/t15-,17+,20?,21-,22+,24-,27-/m0/s1. The number of aryl methyl sites for hydroxylation is 1. The van der Waals surface area contributed by atoms with E-state index in [0.29, 0.717) is 6.42 Å². The molecule has 3 heterocycles. The van der Waals surface area contributed by atoms with Crippen LogP contribution in [0.1, 0.15) is 84.3 Å². The fourth-order valence-corrected chi connectivity index (χ4v) is 5.64. The summed E-state index contributed by atoms with van der Waals surface area (Å²) in [6, 6.07) is 0. The van der Waals surface area contributed by atoms with Gasteiger partial charge in [0.2, 0.25) is 0 Å². The molecule has 2 N–H and O–H groups in total. The number of cyclic esters (lactones) is 1. The summed E-state index contributed by atoms with van der Waals surface area (Å²) < 4.78 is 11.9. The predicted octanol–water partition coefficient (Wildman–Crippen LogP) is 4.48. The number of hydrogen-bond acceptors (Lipinski definition) is 8. The molecule has 1 aromatic rings. The lowest BCUT2D eigenvalue weighted by Gasteiger charge is -2.34. The van der Waals surface area contributed by atoms with Gasteiger partial charge >= 0.3 is 5.97 Å². The number of ether oxygens (including phenoxy) is 2. The minimum Gasteiger partial charge on any atom is -0.458 e. The van der Waals surface area contributed by atoms with Crippen LogP contribution in [0.3, 0.4) is 0 Å². The third-order valence-electron chi connectivity index (χ3n) is 7.93. The van der Waals surface area contributed by atoms with Crippen molar-refractivity contribution in [3.8, 4) is 0 Å². The Morgan fingerprint density at radius 3 is 2.54 bits per heavy atom. The molecule has 0 bridgehead atoms. The highest BCUT2D eigenvalue weighted by Crippen LogP contribution is 2.45. The first-order valence-electron chi connectivity index (χ1n) is 12.6. The molecule has 0 radical (unpaired) electrons. The van der Waals surface area contributed by atoms with Gasteiger partial charge in [-0.15, -0.1) is 11.3 Å². The van der Waals surface area contributed by atoms with E-state index in [0.717, 1.165) is 35.5 Å². The maximum absolute atomic E-state index is 13.2. The number of aliphatic hydroxyl groups is 2. The quantitative estimate of drug-likeness (QED) is 0.449. The maximum atomic E-state index is 13.2. The molecule has 2 aliphatic rings. The Morgan fingerprint density at radius 1 is 1.23 bits per heavy atom. The Labute approximate surface area is 212 Å². The lowest BCUT2D eigenvalue weighted by atomic mass is 9.73. The monoisotopic (exact) mass is 507 g/mol. The molecular formula is C27H41NO6S. The molecule has 3 rings (SSSR count). The highest BCUT2D eigenvalue weighted by atomic mass is 32.1. The van der Waals surface area contributed by atoms with Gasteiger partial charge in [-0.2, -0.15) is 0 Å². The van der Waals surface area contributed by atoms with Gasteiger partial charge in [0.15, 0.2) is 0 Å². The van der Waals surface area contributed by atoms with Crippen molar-refractivity contribution in [3.05, 3.63) is 21.7 Å². The predicted molar refractivity (Wildman–Crippen MR) is 136 cm³/mol. The van der Waals surface area contributed by atoms with E-state index < -0.39 is 35.6 Å². The van der Waals surface area contributed by atoms with Crippen LogP contribution in [0.2, 0.25) is 0 Å². The van der Waals surface area contributed by atoms with Crippen molar-refractivity contribution >= 4 is 29.2 Å². The van der Waals surface area contributed by atoms with Crippen molar-refractivity contribution in [2.75, 3.05) is 0 Å². The number of esters is 1. The van der Waals surface area contributed by atoms with E-state index in [1.165, 1.54) is 0 Å². The summed E-state index contributed by atoms with van der Waals surface area (Å²) in [6.07, 6.45) is 1.98. The fraction of sp³-hybridized carbons (Fsp3) is 0.741. The minimum atomic E-state index is -1.23. The van der Waals surface area contributed by atoms with Crippen LogP contribution in [0.5, 0.6) is 0 Å². The second-order valence-corrected chi connectivity index (χ2v) is 12.3. The smallest absolute Gasteiger partial charge is 0.309 e. The summed E-state index contributed by atoms with van der Waals surface area (Å²) in [4.78, 5) is 30.6. The van der Waals surface area contributed by atoms with E-state index in [-0.39, 0.29) is 29.8 Å². The third kappa shape index (κ3) is 6.59. The Kier molecular flexibility index (Phi) is 8.62. The molecule has 8 heteroatoms. The summed E-state index contributed by atoms with van der Waals surface area (Å²) in [7, 11) is 0. The van der Waals surface area contributed by atoms with Gasteiger partial charge in [0.05, 0.1) is 46.5 Å². The number of nitrogens with zero attached hydrogens (tertiary/aromatic N) is 1. The van der Waals surface area contributed by atoms with Crippen molar-refractivity contribution in [1.29, 1.82) is 0 Å². The van der Waals surface area contributed by atoms with E-state index in [9.17, 15) is 19.8 Å². The molecule has 7 nitrogen and oxygen atoms in total. The number of hydrogen-bond donors (Lipinski definition) is 2. The van der Waals surface area contributed by atoms with Crippen LogP contribution in [0.4, 0.5) is 0 Å². The molecule has 2 aliphatic heterocycles. The van der Waals surface area contributed by atoms with Crippen molar-refractivity contribution in [2.24, 2.45) is 17.3 Å². The lowest BCUT2D eigenvalue weighted by molar-refractivity contribution is -0.154. The number of aromatic nitrogens is 1. The summed E-state index contributed by atoms with van der Waals surface area (Å²) in [5.41, 5.74) is 0.179. The number of rotatable bonds is 2. The van der Waals surface area contributed by atoms with E-state index >= 15 is 0 Å². The number of carbonyl (C=O) groups excluding carboxylic acids is 2. The van der Waals surface area contributed by atoms with Crippen molar-refractivity contribution in [2.45, 2.75) is 111 Å². The summed E-state index contributed by atoms with van der Waals surface area (Å²) in [5, 5.41) is 24.6. The Bertz CT molecular complexity index is 955. The molecule has 1 aromatic heterocycles. The molecule has 0 saturated carbocycles. The highest BCUT2D eigenvalue weighted by molar-refractivity contribution is 7.09. The van der Waals surface area contributed by atoms with Crippen LogP contribution in [0.15, 0.2) is 11.0 Å². The average Bonchev–Trinajstić information content (AvgIpc) is 3.22. The number of carbonyl (C=O) groups is 2. The van der Waals surface area contributed by atoms with E-state index in [2.05, 4.69) is 11.9 Å². The van der Waals surface area contributed by atoms with Gasteiger partial charge in [-0.25, -0.2) is 4.98 Å². The second kappa shape index (κ2) is 10.8. The van der Waals surface area contributed by atoms with Crippen LogP contribution >= 0.6 is 11.3 Å². The lowest BCUT2D eigenvalue weighted by Crippen LogP contribution is -2.45. The molecule has 196 valence electrons. The van der Waals surface area contributed by atoms with Gasteiger partial charge in [-0.3, -0.25) is 9.59 Å². The second-order valence-electron chi connectivity index (χ2n) is 11.3. The van der Waals surface area contributed by atoms with E-state index in [4.69, 9.17) is 9.47 Å². The molecular weight excluding hydrogens is 466 g/mol. The van der Waals surface area contributed by atoms with Crippen molar-refractivity contribution < 1.29 is 29.3 Å². The number of Topliss-reactive ketones (excluding diaryl/α,β-unsaturated/α-hetero) is 1. The minimum absolute atomic E-state index is 0.0455. The van der Waals surface area contributed by atoms with Crippen molar-refractivity contribution in [1.82, 2.24) is 4.98 Å². The number of ketones is 1. The maximum Gasteiger partial charge on any atom is 0.309 e. The van der Waals surface area contributed by atoms with Gasteiger partial charge in [-0.1, -0.05) is 34.1 Å². The molecule has 0 spiro atoms. The zero-order valence-corrected chi connectivity index (χ0v) is 22.9. The van der Waals surface area contributed by atoms with E-state index in [1.54, 1.807) is 32.1 Å². The van der Waals surface area contributed by atoms with Crippen LogP contribution in [0, 0.1) is 24.2 Å². The molecule has 1 unspecified atom stereocenters. The first kappa shape index (κ1) is 28.0. The molecule has 0 aromatic carbocycles. The number of aliphatic hydroxyl groups excluding tert-OH is 2. The van der Waals surface area contributed by atoms with Gasteiger partial charge in [0.1, 0.15) is 11.9 Å². The zero-order valence-electron chi connectivity index (χ0n) is 22.0. The number of fused-ring (bicyclic) bond motifs is 1. The highest BCUT2D eigenvalue weighted by Gasteiger charge is 2.53. The molecule has 2 saturated heterocycles. The molecule has 0 aliphatic carbocycles. The third-order valence-corrected chi connectivity index (χ3v) is 8.72. The first-order valence-corrected chi connectivity index (χ1v) is 13.5. The number of epoxide rings is 1. The Balaban J connectivity index is 1.85. The van der Waals surface area contributed by atoms with Gasteiger partial charge in [0.25, 0.3) is 0 Å². The van der Waals surface area contributed by atoms with Gasteiger partial charge in [0, 0.05) is 17.7 Å². The molecule has 7 atom stereocenters. The Hall–Kier alpha value is -1.61. The van der Waals surface area contributed by atoms with Gasteiger partial charge in [-0.05, 0) is 51.2 Å². The average molecular weight is 508 g/mol. The molecule has 35 heavy (non-hydrogen) atoms. The summed E-state index contributed by atoms with van der Waals surface area (Å²) in [5.74, 6) is -1.55. The topological polar surface area (TPSA) is 109 Å². The zero-order chi connectivity index (χ0) is 26.1. The van der Waals surface area contributed by atoms with Crippen LogP contribution in [-0.4, -0.2) is 57.0 Å². The van der Waals surface area contributed by atoms with Crippen LogP contribution in [-0.2, 0) is 19.1 Å². The fourth-order valence-electron chi connectivity index (χ4n) is 5.07. The largest absolute Gasteiger partial charge is 0.458 e.